The number of halogens is 5. The molecule has 8 heteroatoms. The van der Waals surface area contributed by atoms with Gasteiger partial charge in [0.25, 0.3) is 5.56 Å². The molecule has 0 aliphatic heterocycles. The minimum Gasteiger partial charge on any atom is -0.403 e. The van der Waals surface area contributed by atoms with E-state index in [0.717, 1.165) is 6.07 Å². The van der Waals surface area contributed by atoms with Gasteiger partial charge in [-0.05, 0) is 15.9 Å². The van der Waals surface area contributed by atoms with Gasteiger partial charge in [-0.25, -0.2) is 0 Å². The highest BCUT2D eigenvalue weighted by molar-refractivity contribution is 9.10. The lowest BCUT2D eigenvalue weighted by Crippen LogP contribution is -2.19. The first-order valence-corrected chi connectivity index (χ1v) is 4.31. The molecular formula is C6H2BrClF3NO2. The number of ether oxygens (including phenoxy) is 1. The minimum absolute atomic E-state index is 0.218. The first-order valence-electron chi connectivity index (χ1n) is 3.13. The van der Waals surface area contributed by atoms with Crippen LogP contribution in [0.15, 0.2) is 15.5 Å². The van der Waals surface area contributed by atoms with E-state index in [9.17, 15) is 18.0 Å². The van der Waals surface area contributed by atoms with Crippen LogP contribution in [0.2, 0.25) is 5.02 Å². The highest BCUT2D eigenvalue weighted by atomic mass is 79.9. The molecule has 1 aromatic heterocycles. The number of hydrogen-bond acceptors (Lipinski definition) is 2. The molecule has 0 unspecified atom stereocenters. The van der Waals surface area contributed by atoms with E-state index >= 15 is 0 Å². The second-order valence-corrected chi connectivity index (χ2v) is 3.37. The molecule has 0 atom stereocenters. The molecule has 1 N–H and O–H groups in total. The van der Waals surface area contributed by atoms with Crippen molar-refractivity contribution in [3.8, 4) is 5.75 Å². The Morgan fingerprint density at radius 1 is 1.50 bits per heavy atom. The number of pyridine rings is 1. The average Bonchev–Trinajstić information content (AvgIpc) is 1.97. The smallest absolute Gasteiger partial charge is 0.403 e. The van der Waals surface area contributed by atoms with E-state index in [0.29, 0.717) is 0 Å². The SMILES string of the molecule is O=c1[nH]c(Br)c(OC(F)(F)F)cc1Cl. The van der Waals surface area contributed by atoms with Crippen molar-refractivity contribution in [2.24, 2.45) is 0 Å². The van der Waals surface area contributed by atoms with Crippen LogP contribution in [-0.4, -0.2) is 11.3 Å². The largest absolute Gasteiger partial charge is 0.573 e. The summed E-state index contributed by atoms with van der Waals surface area (Å²) in [5.74, 6) is -0.595. The fraction of sp³-hybridized carbons (Fsp3) is 0.167. The number of nitrogens with one attached hydrogen (secondary N) is 1. The van der Waals surface area contributed by atoms with E-state index in [-0.39, 0.29) is 9.63 Å². The van der Waals surface area contributed by atoms with Gasteiger partial charge in [-0.3, -0.25) is 4.79 Å². The quantitative estimate of drug-likeness (QED) is 0.809. The van der Waals surface area contributed by atoms with E-state index in [1.54, 1.807) is 0 Å². The lowest BCUT2D eigenvalue weighted by molar-refractivity contribution is -0.275. The van der Waals surface area contributed by atoms with Crippen LogP contribution in [0.25, 0.3) is 0 Å². The molecule has 0 amide bonds. The van der Waals surface area contributed by atoms with Crippen LogP contribution in [0.4, 0.5) is 13.2 Å². The van der Waals surface area contributed by atoms with Crippen LogP contribution in [-0.2, 0) is 0 Å². The molecule has 0 radical (unpaired) electrons. The van der Waals surface area contributed by atoms with Gasteiger partial charge in [-0.15, -0.1) is 13.2 Å². The van der Waals surface area contributed by atoms with Gasteiger partial charge in [-0.1, -0.05) is 11.6 Å². The van der Waals surface area contributed by atoms with Crippen molar-refractivity contribution < 1.29 is 17.9 Å². The Kier molecular flexibility index (Phi) is 3.10. The number of alkyl halides is 3. The van der Waals surface area contributed by atoms with Crippen LogP contribution >= 0.6 is 27.5 Å². The van der Waals surface area contributed by atoms with Crippen LogP contribution in [0.1, 0.15) is 0 Å². The Bertz CT molecular complexity index is 403. The van der Waals surface area contributed by atoms with E-state index < -0.39 is 17.7 Å². The average molecular weight is 292 g/mol. The van der Waals surface area contributed by atoms with E-state index in [1.165, 1.54) is 0 Å². The Morgan fingerprint density at radius 3 is 2.57 bits per heavy atom. The molecule has 78 valence electrons. The Balaban J connectivity index is 3.11. The van der Waals surface area contributed by atoms with Gasteiger partial charge in [-0.2, -0.15) is 0 Å². The third-order valence-electron chi connectivity index (χ3n) is 1.14. The third-order valence-corrected chi connectivity index (χ3v) is 2.01. The van der Waals surface area contributed by atoms with Crippen molar-refractivity contribution in [1.29, 1.82) is 0 Å². The van der Waals surface area contributed by atoms with Crippen molar-refractivity contribution in [2.75, 3.05) is 0 Å². The van der Waals surface area contributed by atoms with Crippen LogP contribution in [0.3, 0.4) is 0 Å². The summed E-state index contributed by atoms with van der Waals surface area (Å²) in [4.78, 5) is 12.8. The molecule has 0 saturated carbocycles. The second-order valence-electron chi connectivity index (χ2n) is 2.17. The molecular weight excluding hydrogens is 290 g/mol. The molecule has 3 nitrogen and oxygen atoms in total. The number of aromatic nitrogens is 1. The van der Waals surface area contributed by atoms with Crippen LogP contribution in [0, 0.1) is 0 Å². The predicted molar refractivity (Wildman–Crippen MR) is 46.5 cm³/mol. The van der Waals surface area contributed by atoms with Gasteiger partial charge in [0, 0.05) is 6.07 Å². The van der Waals surface area contributed by atoms with Crippen molar-refractivity contribution >= 4 is 27.5 Å². The zero-order valence-electron chi connectivity index (χ0n) is 6.28. The standard InChI is InChI=1S/C6H2BrClF3NO2/c7-4-3(14-6(9,10)11)1-2(8)5(13)12-4/h1H,(H,12,13). The maximum absolute atomic E-state index is 11.8. The van der Waals surface area contributed by atoms with Crippen molar-refractivity contribution in [2.45, 2.75) is 6.36 Å². The van der Waals surface area contributed by atoms with Gasteiger partial charge >= 0.3 is 6.36 Å². The summed E-state index contributed by atoms with van der Waals surface area (Å²) in [6.07, 6.45) is -4.83. The molecule has 0 saturated heterocycles. The first-order chi connectivity index (χ1) is 6.29. The van der Waals surface area contributed by atoms with Gasteiger partial charge in [0.15, 0.2) is 5.75 Å². The van der Waals surface area contributed by atoms with Gasteiger partial charge < -0.3 is 9.72 Å². The van der Waals surface area contributed by atoms with E-state index in [1.807, 2.05) is 4.98 Å². The number of aromatic amines is 1. The Labute approximate surface area is 89.0 Å². The molecule has 1 heterocycles. The van der Waals surface area contributed by atoms with Crippen molar-refractivity contribution in [3.05, 3.63) is 26.0 Å². The molecule has 1 rings (SSSR count). The first kappa shape index (κ1) is 11.4. The van der Waals surface area contributed by atoms with Crippen LogP contribution < -0.4 is 10.3 Å². The number of rotatable bonds is 1. The highest BCUT2D eigenvalue weighted by Gasteiger charge is 2.32. The summed E-state index contributed by atoms with van der Waals surface area (Å²) in [6, 6.07) is 0.776. The molecule has 0 bridgehead atoms. The summed E-state index contributed by atoms with van der Waals surface area (Å²) in [7, 11) is 0. The minimum atomic E-state index is -4.83. The normalized spacial score (nSPS) is 11.5. The van der Waals surface area contributed by atoms with E-state index in [2.05, 4.69) is 20.7 Å². The molecule has 14 heavy (non-hydrogen) atoms. The fourth-order valence-corrected chi connectivity index (χ4v) is 1.19. The van der Waals surface area contributed by atoms with Crippen LogP contribution in [0.5, 0.6) is 5.75 Å². The monoisotopic (exact) mass is 291 g/mol. The highest BCUT2D eigenvalue weighted by Crippen LogP contribution is 2.29. The third kappa shape index (κ3) is 2.91. The molecule has 1 aromatic rings. The second kappa shape index (κ2) is 3.82. The van der Waals surface area contributed by atoms with Gasteiger partial charge in [0.1, 0.15) is 9.63 Å². The number of hydrogen-bond donors (Lipinski definition) is 1. The van der Waals surface area contributed by atoms with E-state index in [4.69, 9.17) is 11.6 Å². The molecule has 0 aromatic carbocycles. The summed E-state index contributed by atoms with van der Waals surface area (Å²) in [5.41, 5.74) is -0.701. The summed E-state index contributed by atoms with van der Waals surface area (Å²) in [5, 5.41) is -0.382. The lowest BCUT2D eigenvalue weighted by atomic mass is 10.4. The number of H-pyrrole nitrogens is 1. The zero-order chi connectivity index (χ0) is 10.9. The van der Waals surface area contributed by atoms with Gasteiger partial charge in [0.2, 0.25) is 0 Å². The summed E-state index contributed by atoms with van der Waals surface area (Å²) < 4.78 is 38.7. The maximum Gasteiger partial charge on any atom is 0.573 e. The predicted octanol–water partition coefficient (Wildman–Crippen LogP) is 2.69. The molecule has 0 spiro atoms. The topological polar surface area (TPSA) is 42.1 Å². The Morgan fingerprint density at radius 2 is 2.07 bits per heavy atom. The maximum atomic E-state index is 11.8. The Hall–Kier alpha value is -0.690. The summed E-state index contributed by atoms with van der Waals surface area (Å²) in [6.45, 7) is 0. The zero-order valence-corrected chi connectivity index (χ0v) is 8.63. The fourth-order valence-electron chi connectivity index (χ4n) is 0.664. The van der Waals surface area contributed by atoms with Gasteiger partial charge in [0.05, 0.1) is 0 Å². The lowest BCUT2D eigenvalue weighted by Gasteiger charge is -2.09. The molecule has 0 aliphatic carbocycles. The van der Waals surface area contributed by atoms with Crippen molar-refractivity contribution in [3.63, 3.8) is 0 Å². The molecule has 0 fully saturated rings. The molecule has 0 aliphatic rings. The summed E-state index contributed by atoms with van der Waals surface area (Å²) >= 11 is 8.00. The van der Waals surface area contributed by atoms with Crippen molar-refractivity contribution in [1.82, 2.24) is 4.98 Å².